The average Bonchev–Trinajstić information content (AvgIpc) is 2.81. The minimum atomic E-state index is 0.310. The highest BCUT2D eigenvalue weighted by Gasteiger charge is 2.51. The van der Waals surface area contributed by atoms with Gasteiger partial charge in [0.25, 0.3) is 0 Å². The number of nitrogens with zero attached hydrogens (tertiary/aromatic N) is 1. The number of carbonyl (C=O) groups is 1. The Labute approximate surface area is 213 Å². The first-order chi connectivity index (χ1) is 16.9. The minimum Gasteiger partial charge on any atom is -0.454 e. The fourth-order valence-corrected chi connectivity index (χ4v) is 8.05. The summed E-state index contributed by atoms with van der Waals surface area (Å²) in [7, 11) is 0. The van der Waals surface area contributed by atoms with Gasteiger partial charge in [-0.15, -0.1) is 0 Å². The van der Waals surface area contributed by atoms with Crippen molar-refractivity contribution in [2.24, 2.45) is 23.2 Å². The Bertz CT molecular complexity index is 1060. The molecule has 3 N–H and O–H groups in total. The number of benzene rings is 2. The molecule has 2 aromatic rings. The van der Waals surface area contributed by atoms with Crippen LogP contribution in [0.5, 0.6) is 11.5 Å². The van der Waals surface area contributed by atoms with Gasteiger partial charge in [-0.25, -0.2) is 0 Å². The molecule has 4 bridgehead atoms. The number of likely N-dealkylation sites (tertiary alicyclic amines) is 1. The Kier molecular flexibility index (Phi) is 6.08. The molecule has 35 heavy (non-hydrogen) atoms. The van der Waals surface area contributed by atoms with Crippen molar-refractivity contribution in [3.8, 4) is 11.5 Å². The molecule has 4 saturated carbocycles. The Hall–Kier alpha value is -2.40. The zero-order valence-electron chi connectivity index (χ0n) is 20.3. The van der Waals surface area contributed by atoms with Crippen molar-refractivity contribution in [2.75, 3.05) is 24.1 Å². The second kappa shape index (κ2) is 9.24. The molecule has 7 rings (SSSR count). The zero-order chi connectivity index (χ0) is 24.0. The van der Waals surface area contributed by atoms with E-state index >= 15 is 0 Å². The molecule has 0 unspecified atom stereocenters. The molecule has 1 heterocycles. The summed E-state index contributed by atoms with van der Waals surface area (Å²) in [6, 6.07) is 13.5. The maximum absolute atomic E-state index is 13.3. The molecule has 0 aromatic heterocycles. The summed E-state index contributed by atoms with van der Waals surface area (Å²) in [6.45, 7) is 1.66. The van der Waals surface area contributed by atoms with Gasteiger partial charge in [-0.1, -0.05) is 23.7 Å². The maximum Gasteiger partial charge on any atom is 0.223 e. The fourth-order valence-electron chi connectivity index (χ4n) is 7.83. The number of ether oxygens (including phenoxy) is 1. The summed E-state index contributed by atoms with van der Waals surface area (Å²) in [5, 5.41) is 4.15. The van der Waals surface area contributed by atoms with Gasteiger partial charge in [0.05, 0.1) is 10.7 Å². The molecule has 1 aliphatic heterocycles. The molecule has 6 heteroatoms. The fraction of sp³-hybridized carbons (Fsp3) is 0.552. The topological polar surface area (TPSA) is 67.6 Å². The van der Waals surface area contributed by atoms with Crippen LogP contribution in [0.25, 0.3) is 0 Å². The molecule has 1 amide bonds. The summed E-state index contributed by atoms with van der Waals surface area (Å²) < 4.78 is 6.12. The van der Waals surface area contributed by atoms with E-state index in [0.717, 1.165) is 61.5 Å². The van der Waals surface area contributed by atoms with Crippen LogP contribution in [0.1, 0.15) is 57.8 Å². The molecule has 0 atom stereocenters. The van der Waals surface area contributed by atoms with Crippen LogP contribution in [-0.2, 0) is 4.79 Å². The number of halogens is 1. The lowest BCUT2D eigenvalue weighted by Gasteiger charge is -2.57. The third-order valence-corrected chi connectivity index (χ3v) is 9.26. The van der Waals surface area contributed by atoms with Crippen LogP contribution in [0.3, 0.4) is 0 Å². The normalized spacial score (nSPS) is 29.9. The molecule has 186 valence electrons. The van der Waals surface area contributed by atoms with E-state index < -0.39 is 0 Å². The second-order valence-electron chi connectivity index (χ2n) is 11.7. The van der Waals surface area contributed by atoms with Gasteiger partial charge in [0, 0.05) is 31.2 Å². The van der Waals surface area contributed by atoms with Crippen molar-refractivity contribution in [2.45, 2.75) is 63.8 Å². The van der Waals surface area contributed by atoms with Crippen molar-refractivity contribution in [1.29, 1.82) is 0 Å². The van der Waals surface area contributed by atoms with Crippen molar-refractivity contribution >= 4 is 28.9 Å². The van der Waals surface area contributed by atoms with E-state index in [-0.39, 0.29) is 0 Å². The van der Waals surface area contributed by atoms with Crippen molar-refractivity contribution in [3.05, 3.63) is 47.5 Å². The Balaban J connectivity index is 1.05. The van der Waals surface area contributed by atoms with E-state index in [1.165, 1.54) is 38.5 Å². The number of hydrogen-bond donors (Lipinski definition) is 2. The summed E-state index contributed by atoms with van der Waals surface area (Å²) in [5.74, 6) is 4.41. The summed E-state index contributed by atoms with van der Waals surface area (Å²) in [6.07, 6.45) is 10.9. The monoisotopic (exact) mass is 493 g/mol. The number of nitrogens with two attached hydrogens (primary N) is 1. The van der Waals surface area contributed by atoms with E-state index in [1.807, 2.05) is 24.3 Å². The van der Waals surface area contributed by atoms with Gasteiger partial charge in [-0.2, -0.15) is 0 Å². The quantitative estimate of drug-likeness (QED) is 0.438. The standard InChI is InChI=1S/C29H36ClN3O2/c30-24-14-22(31)5-6-26(24)35-27-4-2-1-3-25(27)32-23-7-9-33(10-8-23)28(34)18-29-15-19-11-20(16-29)13-21(12-19)17-29/h1-6,14,19-21,23,32H,7-13,15-18,31H2. The predicted octanol–water partition coefficient (Wildman–Crippen LogP) is 6.72. The lowest BCUT2D eigenvalue weighted by Crippen LogP contribution is -2.49. The largest absolute Gasteiger partial charge is 0.454 e. The molecule has 1 saturated heterocycles. The molecule has 5 aliphatic rings. The van der Waals surface area contributed by atoms with Gasteiger partial charge in [-0.3, -0.25) is 4.79 Å². The van der Waals surface area contributed by atoms with Crippen LogP contribution in [0, 0.1) is 23.2 Å². The highest BCUT2D eigenvalue weighted by atomic mass is 35.5. The Morgan fingerprint density at radius 2 is 1.66 bits per heavy atom. The number of anilines is 2. The number of nitrogens with one attached hydrogen (secondary N) is 1. The first kappa shape index (κ1) is 23.0. The molecule has 0 radical (unpaired) electrons. The van der Waals surface area contributed by atoms with Crippen LogP contribution in [0.2, 0.25) is 5.02 Å². The van der Waals surface area contributed by atoms with Gasteiger partial charge in [0.1, 0.15) is 5.75 Å². The van der Waals surface area contributed by atoms with Crippen LogP contribution < -0.4 is 15.8 Å². The first-order valence-corrected chi connectivity index (χ1v) is 13.7. The summed E-state index contributed by atoms with van der Waals surface area (Å²) in [4.78, 5) is 15.5. The van der Waals surface area contributed by atoms with Gasteiger partial charge in [-0.05, 0) is 105 Å². The SMILES string of the molecule is Nc1ccc(Oc2ccccc2NC2CCN(C(=O)CC34CC5CC(CC(C5)C3)C4)CC2)c(Cl)c1. The van der Waals surface area contributed by atoms with Gasteiger partial charge >= 0.3 is 0 Å². The maximum atomic E-state index is 13.3. The smallest absolute Gasteiger partial charge is 0.223 e. The van der Waals surface area contributed by atoms with Crippen LogP contribution >= 0.6 is 11.6 Å². The summed E-state index contributed by atoms with van der Waals surface area (Å²) in [5.41, 5.74) is 7.68. The zero-order valence-corrected chi connectivity index (χ0v) is 21.1. The predicted molar refractivity (Wildman–Crippen MR) is 141 cm³/mol. The average molecular weight is 494 g/mol. The van der Waals surface area contributed by atoms with Crippen molar-refractivity contribution in [3.63, 3.8) is 0 Å². The molecule has 5 nitrogen and oxygen atoms in total. The third kappa shape index (κ3) is 4.84. The van der Waals surface area contributed by atoms with E-state index in [4.69, 9.17) is 22.1 Å². The lowest BCUT2D eigenvalue weighted by molar-refractivity contribution is -0.140. The lowest BCUT2D eigenvalue weighted by atomic mass is 9.49. The second-order valence-corrected chi connectivity index (χ2v) is 12.1. The Morgan fingerprint density at radius 3 is 2.31 bits per heavy atom. The molecule has 2 aromatic carbocycles. The number of rotatable bonds is 6. The van der Waals surface area contributed by atoms with E-state index in [9.17, 15) is 4.79 Å². The number of para-hydroxylation sites is 2. The van der Waals surface area contributed by atoms with Crippen LogP contribution in [0.4, 0.5) is 11.4 Å². The van der Waals surface area contributed by atoms with Gasteiger partial charge in [0.2, 0.25) is 5.91 Å². The van der Waals surface area contributed by atoms with Crippen molar-refractivity contribution in [1.82, 2.24) is 4.90 Å². The van der Waals surface area contributed by atoms with Crippen LogP contribution in [-0.4, -0.2) is 29.9 Å². The number of nitrogen functional groups attached to an aromatic ring is 1. The molecule has 0 spiro atoms. The molecular formula is C29H36ClN3O2. The highest BCUT2D eigenvalue weighted by Crippen LogP contribution is 2.61. The van der Waals surface area contributed by atoms with E-state index in [2.05, 4.69) is 10.2 Å². The van der Waals surface area contributed by atoms with Gasteiger partial charge < -0.3 is 20.7 Å². The number of hydrogen-bond acceptors (Lipinski definition) is 4. The minimum absolute atomic E-state index is 0.310. The van der Waals surface area contributed by atoms with E-state index in [1.54, 1.807) is 18.2 Å². The molecule has 5 fully saturated rings. The molecule has 4 aliphatic carbocycles. The van der Waals surface area contributed by atoms with Crippen LogP contribution in [0.15, 0.2) is 42.5 Å². The third-order valence-electron chi connectivity index (χ3n) is 8.96. The number of amides is 1. The highest BCUT2D eigenvalue weighted by molar-refractivity contribution is 6.32. The summed E-state index contributed by atoms with van der Waals surface area (Å²) >= 11 is 6.32. The number of carbonyl (C=O) groups excluding carboxylic acids is 1. The van der Waals surface area contributed by atoms with Crippen molar-refractivity contribution < 1.29 is 9.53 Å². The first-order valence-electron chi connectivity index (χ1n) is 13.3. The Morgan fingerprint density at radius 1 is 1.00 bits per heavy atom. The van der Waals surface area contributed by atoms with Gasteiger partial charge in [0.15, 0.2) is 5.75 Å². The van der Waals surface area contributed by atoms with E-state index in [0.29, 0.717) is 33.8 Å². The number of piperidine rings is 1. The molecular weight excluding hydrogens is 458 g/mol.